The second-order valence-corrected chi connectivity index (χ2v) is 5.38. The molecule has 0 unspecified atom stereocenters. The van der Waals surface area contributed by atoms with E-state index < -0.39 is 0 Å². The molecule has 4 heteroatoms. The maximum absolute atomic E-state index is 5.15. The topological polar surface area (TPSA) is 34.1 Å². The summed E-state index contributed by atoms with van der Waals surface area (Å²) in [4.78, 5) is 5.64. The maximum Gasteiger partial charge on any atom is 0.0797 e. The van der Waals surface area contributed by atoms with Crippen LogP contribution in [0.2, 0.25) is 0 Å². The number of hydrogen-bond donors (Lipinski definition) is 1. The van der Waals surface area contributed by atoms with Crippen molar-refractivity contribution in [1.82, 2.24) is 4.98 Å². The molecule has 0 saturated heterocycles. The van der Waals surface area contributed by atoms with E-state index in [0.29, 0.717) is 0 Å². The fourth-order valence-electron chi connectivity index (χ4n) is 2.00. The average molecular weight is 276 g/mol. The molecule has 0 atom stereocenters. The van der Waals surface area contributed by atoms with Gasteiger partial charge in [0.15, 0.2) is 0 Å². The fraction of sp³-hybridized carbons (Fsp3) is 0.400. The van der Waals surface area contributed by atoms with Gasteiger partial charge in [-0.05, 0) is 25.0 Å². The predicted octanol–water partition coefficient (Wildman–Crippen LogP) is 3.30. The Kier molecular flexibility index (Phi) is 5.36. The Morgan fingerprint density at radius 1 is 1.26 bits per heavy atom. The number of para-hydroxylation sites is 1. The molecule has 2 aromatic rings. The highest BCUT2D eigenvalue weighted by Gasteiger charge is 2.03. The van der Waals surface area contributed by atoms with Crippen LogP contribution in [-0.4, -0.2) is 25.2 Å². The Bertz CT molecular complexity index is 510. The molecule has 0 aliphatic heterocycles. The summed E-state index contributed by atoms with van der Waals surface area (Å²) in [7, 11) is 1.74. The van der Waals surface area contributed by atoms with Gasteiger partial charge in [-0.1, -0.05) is 18.2 Å². The first-order valence-corrected chi connectivity index (χ1v) is 7.39. The summed E-state index contributed by atoms with van der Waals surface area (Å²) in [6.45, 7) is 3.76. The van der Waals surface area contributed by atoms with Crippen LogP contribution in [0.15, 0.2) is 29.8 Å². The van der Waals surface area contributed by atoms with Crippen molar-refractivity contribution >= 4 is 17.0 Å². The highest BCUT2D eigenvalue weighted by atomic mass is 32.1. The van der Waals surface area contributed by atoms with Crippen LogP contribution >= 0.6 is 11.3 Å². The summed E-state index contributed by atoms with van der Waals surface area (Å²) in [5.74, 6) is 0. The van der Waals surface area contributed by atoms with Crippen molar-refractivity contribution in [3.05, 3.63) is 45.9 Å². The molecule has 1 aromatic carbocycles. The first kappa shape index (κ1) is 14.0. The van der Waals surface area contributed by atoms with Crippen LogP contribution in [0.25, 0.3) is 0 Å². The first-order valence-electron chi connectivity index (χ1n) is 6.51. The van der Waals surface area contributed by atoms with Gasteiger partial charge in [-0.25, -0.2) is 4.98 Å². The summed E-state index contributed by atoms with van der Waals surface area (Å²) >= 11 is 1.73. The van der Waals surface area contributed by atoms with Gasteiger partial charge in [0, 0.05) is 30.6 Å². The number of methoxy groups -OCH3 is 1. The Hall–Kier alpha value is -1.39. The third-order valence-electron chi connectivity index (χ3n) is 3.11. The van der Waals surface area contributed by atoms with Gasteiger partial charge in [-0.3, -0.25) is 0 Å². The summed E-state index contributed by atoms with van der Waals surface area (Å²) in [5, 5.41) is 3.51. The first-order chi connectivity index (χ1) is 9.31. The van der Waals surface area contributed by atoms with Crippen LogP contribution in [0.5, 0.6) is 0 Å². The van der Waals surface area contributed by atoms with Gasteiger partial charge in [0.2, 0.25) is 0 Å². The van der Waals surface area contributed by atoms with Crippen molar-refractivity contribution in [2.45, 2.75) is 19.8 Å². The fourth-order valence-corrected chi connectivity index (χ4v) is 2.78. The second-order valence-electron chi connectivity index (χ2n) is 4.44. The summed E-state index contributed by atoms with van der Waals surface area (Å²) < 4.78 is 5.15. The Labute approximate surface area is 118 Å². The minimum absolute atomic E-state index is 0.757. The zero-order valence-electron chi connectivity index (χ0n) is 11.5. The molecule has 0 spiro atoms. The van der Waals surface area contributed by atoms with Gasteiger partial charge in [0.05, 0.1) is 17.8 Å². The van der Waals surface area contributed by atoms with Gasteiger partial charge >= 0.3 is 0 Å². The van der Waals surface area contributed by atoms with Crippen LogP contribution in [0.4, 0.5) is 5.69 Å². The molecular weight excluding hydrogens is 256 g/mol. The van der Waals surface area contributed by atoms with Crippen molar-refractivity contribution in [3.8, 4) is 0 Å². The Morgan fingerprint density at radius 3 is 2.84 bits per heavy atom. The van der Waals surface area contributed by atoms with Gasteiger partial charge in [0.1, 0.15) is 0 Å². The van der Waals surface area contributed by atoms with Gasteiger partial charge in [-0.15, -0.1) is 11.3 Å². The number of nitrogens with zero attached hydrogens (tertiary/aromatic N) is 1. The number of hydrogen-bond acceptors (Lipinski definition) is 4. The van der Waals surface area contributed by atoms with E-state index in [1.165, 1.54) is 16.1 Å². The van der Waals surface area contributed by atoms with E-state index in [2.05, 4.69) is 41.5 Å². The number of nitrogens with one attached hydrogen (secondary N) is 1. The van der Waals surface area contributed by atoms with Crippen molar-refractivity contribution in [1.29, 1.82) is 0 Å². The molecule has 2 rings (SSSR count). The van der Waals surface area contributed by atoms with Gasteiger partial charge in [0.25, 0.3) is 0 Å². The molecule has 0 bridgehead atoms. The lowest BCUT2D eigenvalue weighted by atomic mass is 10.1. The zero-order valence-corrected chi connectivity index (χ0v) is 12.3. The minimum atomic E-state index is 0.757. The smallest absolute Gasteiger partial charge is 0.0797 e. The number of benzene rings is 1. The molecule has 1 aromatic heterocycles. The third-order valence-corrected chi connectivity index (χ3v) is 4.10. The Morgan fingerprint density at radius 2 is 2.11 bits per heavy atom. The normalized spacial score (nSPS) is 10.6. The monoisotopic (exact) mass is 276 g/mol. The molecule has 0 amide bonds. The Balaban J connectivity index is 1.90. The molecule has 0 aliphatic carbocycles. The molecule has 0 saturated carbocycles. The molecular formula is C15H20N2OS. The van der Waals surface area contributed by atoms with E-state index >= 15 is 0 Å². The van der Waals surface area contributed by atoms with Crippen molar-refractivity contribution in [2.75, 3.05) is 25.6 Å². The lowest BCUT2D eigenvalue weighted by Gasteiger charge is -2.11. The zero-order chi connectivity index (χ0) is 13.5. The number of ether oxygens (including phenoxy) is 1. The molecule has 102 valence electrons. The molecule has 0 radical (unpaired) electrons. The van der Waals surface area contributed by atoms with Crippen LogP contribution < -0.4 is 5.32 Å². The number of anilines is 1. The van der Waals surface area contributed by atoms with Crippen LogP contribution in [-0.2, 0) is 17.6 Å². The van der Waals surface area contributed by atoms with Crippen molar-refractivity contribution in [2.24, 2.45) is 0 Å². The molecule has 19 heavy (non-hydrogen) atoms. The number of thiazole rings is 1. The largest absolute Gasteiger partial charge is 0.384 e. The molecule has 3 nitrogen and oxygen atoms in total. The molecule has 0 aliphatic rings. The standard InChI is InChI=1S/C15H20N2OS/c1-12-15(19-11-17-12)7-9-16-14-6-4-3-5-13(14)8-10-18-2/h3-6,11,16H,7-10H2,1-2H3. The lowest BCUT2D eigenvalue weighted by Crippen LogP contribution is -2.07. The van der Waals surface area contributed by atoms with E-state index in [0.717, 1.165) is 31.7 Å². The van der Waals surface area contributed by atoms with Crippen LogP contribution in [0, 0.1) is 6.92 Å². The molecule has 1 heterocycles. The van der Waals surface area contributed by atoms with E-state index in [1.807, 2.05) is 5.51 Å². The second kappa shape index (κ2) is 7.26. The average Bonchev–Trinajstić information content (AvgIpc) is 2.83. The number of rotatable bonds is 7. The molecule has 0 fully saturated rings. The highest BCUT2D eigenvalue weighted by Crippen LogP contribution is 2.17. The molecule has 1 N–H and O–H groups in total. The highest BCUT2D eigenvalue weighted by molar-refractivity contribution is 7.09. The van der Waals surface area contributed by atoms with E-state index in [1.54, 1.807) is 18.4 Å². The van der Waals surface area contributed by atoms with Gasteiger partial charge in [-0.2, -0.15) is 0 Å². The third kappa shape index (κ3) is 4.04. The SMILES string of the molecule is COCCc1ccccc1NCCc1scnc1C. The van der Waals surface area contributed by atoms with E-state index in [9.17, 15) is 0 Å². The van der Waals surface area contributed by atoms with Crippen LogP contribution in [0.3, 0.4) is 0 Å². The van der Waals surface area contributed by atoms with E-state index in [-0.39, 0.29) is 0 Å². The quantitative estimate of drug-likeness (QED) is 0.842. The van der Waals surface area contributed by atoms with Crippen molar-refractivity contribution < 1.29 is 4.74 Å². The van der Waals surface area contributed by atoms with Crippen molar-refractivity contribution in [3.63, 3.8) is 0 Å². The summed E-state index contributed by atoms with van der Waals surface area (Å²) in [5.41, 5.74) is 5.59. The van der Waals surface area contributed by atoms with Gasteiger partial charge < -0.3 is 10.1 Å². The maximum atomic E-state index is 5.15. The number of aryl methyl sites for hydroxylation is 1. The number of aromatic nitrogens is 1. The minimum Gasteiger partial charge on any atom is -0.384 e. The summed E-state index contributed by atoms with van der Waals surface area (Å²) in [6.07, 6.45) is 1.97. The lowest BCUT2D eigenvalue weighted by molar-refractivity contribution is 0.202. The van der Waals surface area contributed by atoms with Crippen LogP contribution in [0.1, 0.15) is 16.1 Å². The predicted molar refractivity (Wildman–Crippen MR) is 81.1 cm³/mol. The summed E-state index contributed by atoms with van der Waals surface area (Å²) in [6, 6.07) is 8.42. The van der Waals surface area contributed by atoms with E-state index in [4.69, 9.17) is 4.74 Å².